The van der Waals surface area contributed by atoms with Crippen molar-refractivity contribution in [2.45, 2.75) is 65.8 Å². The summed E-state index contributed by atoms with van der Waals surface area (Å²) in [6.07, 6.45) is 6.67. The summed E-state index contributed by atoms with van der Waals surface area (Å²) in [4.78, 5) is 10.7. The van der Waals surface area contributed by atoms with Gasteiger partial charge in [0, 0.05) is 13.0 Å². The number of hydrogen-bond acceptors (Lipinski definition) is 1. The van der Waals surface area contributed by atoms with Crippen LogP contribution in [0.4, 0.5) is 0 Å². The summed E-state index contributed by atoms with van der Waals surface area (Å²) in [5.74, 6) is 0.965. The summed E-state index contributed by atoms with van der Waals surface area (Å²) in [5.41, 5.74) is 0. The monoisotopic (exact) mass is 199 g/mol. The lowest BCUT2D eigenvalue weighted by Crippen LogP contribution is -2.31. The number of hydrogen-bond donors (Lipinski definition) is 1. The van der Waals surface area contributed by atoms with Gasteiger partial charge in [-0.15, -0.1) is 0 Å². The lowest BCUT2D eigenvalue weighted by Gasteiger charge is -2.16. The molecular weight excluding hydrogens is 174 g/mol. The summed E-state index contributed by atoms with van der Waals surface area (Å²) >= 11 is 0. The Bertz CT molecular complexity index is 150. The highest BCUT2D eigenvalue weighted by atomic mass is 16.1. The zero-order chi connectivity index (χ0) is 11.0. The van der Waals surface area contributed by atoms with Gasteiger partial charge in [0.25, 0.3) is 0 Å². The Kier molecular flexibility index (Phi) is 7.54. The van der Waals surface area contributed by atoms with Crippen LogP contribution in [0, 0.1) is 5.92 Å². The lowest BCUT2D eigenvalue weighted by molar-refractivity contribution is -0.119. The standard InChI is InChI=1S/C10H19NO.C2H6/c1-8(11-9(2)12)7-10-5-3-4-6-10;1-2/h8,10H,3-7H2,1-2H3,(H,11,12);1-2H3. The number of carbonyl (C=O) groups excluding carboxylic acids is 1. The van der Waals surface area contributed by atoms with E-state index in [9.17, 15) is 4.79 Å². The zero-order valence-corrected chi connectivity index (χ0v) is 10.1. The van der Waals surface area contributed by atoms with Crippen LogP contribution in [-0.2, 0) is 4.79 Å². The van der Waals surface area contributed by atoms with E-state index in [0.717, 1.165) is 5.92 Å². The van der Waals surface area contributed by atoms with Gasteiger partial charge in [-0.2, -0.15) is 0 Å². The highest BCUT2D eigenvalue weighted by molar-refractivity contribution is 5.73. The Hall–Kier alpha value is -0.530. The number of rotatable bonds is 3. The topological polar surface area (TPSA) is 29.1 Å². The van der Waals surface area contributed by atoms with Crippen LogP contribution in [-0.4, -0.2) is 11.9 Å². The van der Waals surface area contributed by atoms with Crippen LogP contribution in [0.1, 0.15) is 59.8 Å². The predicted octanol–water partition coefficient (Wildman–Crippen LogP) is 3.12. The molecule has 0 aliphatic heterocycles. The molecule has 0 heterocycles. The Labute approximate surface area is 88.5 Å². The second-order valence-corrected chi connectivity index (χ2v) is 3.99. The lowest BCUT2D eigenvalue weighted by atomic mass is 9.99. The first-order valence-corrected chi connectivity index (χ1v) is 5.95. The summed E-state index contributed by atoms with van der Waals surface area (Å²) in [6.45, 7) is 7.69. The maximum absolute atomic E-state index is 10.7. The molecule has 1 aliphatic carbocycles. The van der Waals surface area contributed by atoms with Gasteiger partial charge in [-0.25, -0.2) is 0 Å². The van der Waals surface area contributed by atoms with Gasteiger partial charge in [-0.3, -0.25) is 4.79 Å². The van der Waals surface area contributed by atoms with Gasteiger partial charge >= 0.3 is 0 Å². The minimum absolute atomic E-state index is 0.0977. The van der Waals surface area contributed by atoms with Gasteiger partial charge in [0.2, 0.25) is 5.91 Å². The Balaban J connectivity index is 0.000000791. The van der Waals surface area contributed by atoms with E-state index in [0.29, 0.717) is 6.04 Å². The van der Waals surface area contributed by atoms with Gasteiger partial charge in [0.1, 0.15) is 0 Å². The van der Waals surface area contributed by atoms with E-state index in [-0.39, 0.29) is 5.91 Å². The fourth-order valence-corrected chi connectivity index (χ4v) is 2.15. The van der Waals surface area contributed by atoms with Gasteiger partial charge in [0.15, 0.2) is 0 Å². The minimum Gasteiger partial charge on any atom is -0.354 e. The molecule has 1 fully saturated rings. The fourth-order valence-electron chi connectivity index (χ4n) is 2.15. The van der Waals surface area contributed by atoms with Gasteiger partial charge in [-0.1, -0.05) is 39.5 Å². The molecule has 0 radical (unpaired) electrons. The molecule has 14 heavy (non-hydrogen) atoms. The molecule has 1 rings (SSSR count). The van der Waals surface area contributed by atoms with E-state index >= 15 is 0 Å². The van der Waals surface area contributed by atoms with Crippen LogP contribution >= 0.6 is 0 Å². The van der Waals surface area contributed by atoms with Crippen molar-refractivity contribution in [1.82, 2.24) is 5.32 Å². The molecular formula is C12H25NO. The van der Waals surface area contributed by atoms with Crippen molar-refractivity contribution in [2.24, 2.45) is 5.92 Å². The second-order valence-electron chi connectivity index (χ2n) is 3.99. The van der Waals surface area contributed by atoms with Crippen molar-refractivity contribution in [2.75, 3.05) is 0 Å². The van der Waals surface area contributed by atoms with E-state index in [1.54, 1.807) is 6.92 Å². The Morgan fingerprint density at radius 2 is 1.86 bits per heavy atom. The molecule has 84 valence electrons. The first-order chi connectivity index (χ1) is 6.68. The van der Waals surface area contributed by atoms with E-state index in [4.69, 9.17) is 0 Å². The third kappa shape index (κ3) is 6.01. The average molecular weight is 199 g/mol. The molecule has 0 aromatic rings. The van der Waals surface area contributed by atoms with Crippen LogP contribution in [0.15, 0.2) is 0 Å². The maximum Gasteiger partial charge on any atom is 0.217 e. The van der Waals surface area contributed by atoms with Crippen LogP contribution in [0.25, 0.3) is 0 Å². The summed E-state index contributed by atoms with van der Waals surface area (Å²) in [7, 11) is 0. The van der Waals surface area contributed by atoms with Crippen molar-refractivity contribution < 1.29 is 4.79 Å². The molecule has 0 aromatic carbocycles. The number of carbonyl (C=O) groups is 1. The first kappa shape index (κ1) is 13.5. The van der Waals surface area contributed by atoms with Crippen molar-refractivity contribution in [1.29, 1.82) is 0 Å². The van der Waals surface area contributed by atoms with Crippen molar-refractivity contribution in [3.63, 3.8) is 0 Å². The first-order valence-electron chi connectivity index (χ1n) is 5.95. The summed E-state index contributed by atoms with van der Waals surface area (Å²) < 4.78 is 0. The fraction of sp³-hybridized carbons (Fsp3) is 0.917. The molecule has 0 spiro atoms. The molecule has 2 heteroatoms. The van der Waals surface area contributed by atoms with Crippen molar-refractivity contribution in [3.8, 4) is 0 Å². The zero-order valence-electron chi connectivity index (χ0n) is 10.1. The van der Waals surface area contributed by atoms with Crippen LogP contribution in [0.3, 0.4) is 0 Å². The number of amides is 1. The Morgan fingerprint density at radius 1 is 1.36 bits per heavy atom. The molecule has 1 aliphatic rings. The van der Waals surface area contributed by atoms with E-state index in [1.165, 1.54) is 32.1 Å². The number of nitrogens with one attached hydrogen (secondary N) is 1. The Morgan fingerprint density at radius 3 is 2.29 bits per heavy atom. The third-order valence-electron chi connectivity index (χ3n) is 2.61. The maximum atomic E-state index is 10.7. The highest BCUT2D eigenvalue weighted by Gasteiger charge is 2.17. The molecule has 2 nitrogen and oxygen atoms in total. The van der Waals surface area contributed by atoms with E-state index < -0.39 is 0 Å². The van der Waals surface area contributed by atoms with Crippen LogP contribution in [0.2, 0.25) is 0 Å². The molecule has 0 saturated heterocycles. The van der Waals surface area contributed by atoms with Crippen LogP contribution in [0.5, 0.6) is 0 Å². The van der Waals surface area contributed by atoms with Crippen LogP contribution < -0.4 is 5.32 Å². The van der Waals surface area contributed by atoms with Gasteiger partial charge in [-0.05, 0) is 19.3 Å². The molecule has 1 N–H and O–H groups in total. The molecule has 1 amide bonds. The minimum atomic E-state index is 0.0977. The third-order valence-corrected chi connectivity index (χ3v) is 2.61. The SMILES string of the molecule is CC.CC(=O)NC(C)CC1CCCC1. The van der Waals surface area contributed by atoms with Crippen molar-refractivity contribution >= 4 is 5.91 Å². The molecule has 0 aromatic heterocycles. The highest BCUT2D eigenvalue weighted by Crippen LogP contribution is 2.28. The average Bonchev–Trinajstić information content (AvgIpc) is 2.59. The smallest absolute Gasteiger partial charge is 0.217 e. The molecule has 1 saturated carbocycles. The van der Waals surface area contributed by atoms with Crippen molar-refractivity contribution in [3.05, 3.63) is 0 Å². The van der Waals surface area contributed by atoms with E-state index in [1.807, 2.05) is 13.8 Å². The van der Waals surface area contributed by atoms with Gasteiger partial charge in [0.05, 0.1) is 0 Å². The van der Waals surface area contributed by atoms with E-state index in [2.05, 4.69) is 12.2 Å². The molecule has 0 bridgehead atoms. The molecule has 1 unspecified atom stereocenters. The summed E-state index contributed by atoms with van der Waals surface area (Å²) in [6, 6.07) is 0.366. The van der Waals surface area contributed by atoms with Gasteiger partial charge < -0.3 is 5.32 Å². The predicted molar refractivity (Wildman–Crippen MR) is 61.2 cm³/mol. The summed E-state index contributed by atoms with van der Waals surface area (Å²) in [5, 5.41) is 2.93. The normalized spacial score (nSPS) is 18.3. The quantitative estimate of drug-likeness (QED) is 0.743. The largest absolute Gasteiger partial charge is 0.354 e. The second kappa shape index (κ2) is 7.84. The molecule has 1 atom stereocenters.